The molecule has 1 aromatic heterocycles. The fourth-order valence-corrected chi connectivity index (χ4v) is 3.63. The summed E-state index contributed by atoms with van der Waals surface area (Å²) in [6, 6.07) is 7.06. The molecule has 1 atom stereocenters. The number of benzene rings is 1. The minimum atomic E-state index is -0.250. The molecule has 1 unspecified atom stereocenters. The standard InChI is InChI=1S/C20H29N5O2/c1-4-23-10-12-25(13-11-23)20(27)15(3)24(5-2)14-18-21-17-9-7-6-8-16(17)19(26)22-18/h6-9,15H,4-5,10-14H2,1-3H3,(H,21,22,26). The molecule has 1 fully saturated rings. The monoisotopic (exact) mass is 371 g/mol. The van der Waals surface area contributed by atoms with Gasteiger partial charge in [-0.2, -0.15) is 0 Å². The van der Waals surface area contributed by atoms with Crippen molar-refractivity contribution in [2.24, 2.45) is 0 Å². The van der Waals surface area contributed by atoms with E-state index in [9.17, 15) is 9.59 Å². The van der Waals surface area contributed by atoms with Crippen LogP contribution in [0.4, 0.5) is 0 Å². The minimum absolute atomic E-state index is 0.138. The Balaban J connectivity index is 1.71. The maximum atomic E-state index is 12.9. The fraction of sp³-hybridized carbons (Fsp3) is 0.550. The van der Waals surface area contributed by atoms with Gasteiger partial charge in [0.1, 0.15) is 5.82 Å². The first kappa shape index (κ1) is 19.5. The smallest absolute Gasteiger partial charge is 0.258 e. The Bertz CT molecular complexity index is 842. The van der Waals surface area contributed by atoms with Gasteiger partial charge < -0.3 is 14.8 Å². The third-order valence-corrected chi connectivity index (χ3v) is 5.46. The summed E-state index contributed by atoms with van der Waals surface area (Å²) in [6.45, 7) is 11.7. The zero-order valence-corrected chi connectivity index (χ0v) is 16.4. The summed E-state index contributed by atoms with van der Waals surface area (Å²) in [5.74, 6) is 0.742. The number of para-hydroxylation sites is 1. The van der Waals surface area contributed by atoms with E-state index < -0.39 is 0 Å². The molecule has 1 aromatic carbocycles. The highest BCUT2D eigenvalue weighted by molar-refractivity contribution is 5.81. The molecule has 1 aliphatic heterocycles. The normalized spacial score (nSPS) is 16.8. The number of hydrogen-bond donors (Lipinski definition) is 1. The van der Waals surface area contributed by atoms with E-state index >= 15 is 0 Å². The molecule has 0 aliphatic carbocycles. The number of rotatable bonds is 6. The Hall–Kier alpha value is -2.25. The first-order chi connectivity index (χ1) is 13.0. The van der Waals surface area contributed by atoms with Gasteiger partial charge in [-0.1, -0.05) is 26.0 Å². The van der Waals surface area contributed by atoms with E-state index in [1.807, 2.05) is 36.9 Å². The second-order valence-corrected chi connectivity index (χ2v) is 7.03. The van der Waals surface area contributed by atoms with Crippen LogP contribution in [-0.2, 0) is 11.3 Å². The Morgan fingerprint density at radius 2 is 1.93 bits per heavy atom. The lowest BCUT2D eigenvalue weighted by Crippen LogP contribution is -2.54. The van der Waals surface area contributed by atoms with Crippen LogP contribution in [0.2, 0.25) is 0 Å². The number of aromatic amines is 1. The molecular formula is C20H29N5O2. The van der Waals surface area contributed by atoms with Crippen molar-refractivity contribution < 1.29 is 4.79 Å². The molecule has 2 aromatic rings. The molecule has 7 heteroatoms. The average molecular weight is 371 g/mol. The van der Waals surface area contributed by atoms with Crippen molar-refractivity contribution in [1.82, 2.24) is 24.7 Å². The number of amides is 1. The molecule has 27 heavy (non-hydrogen) atoms. The minimum Gasteiger partial charge on any atom is -0.339 e. The van der Waals surface area contributed by atoms with E-state index in [4.69, 9.17) is 0 Å². The molecule has 0 saturated carbocycles. The van der Waals surface area contributed by atoms with Crippen molar-refractivity contribution in [1.29, 1.82) is 0 Å². The average Bonchev–Trinajstić information content (AvgIpc) is 2.71. The Morgan fingerprint density at radius 3 is 2.59 bits per heavy atom. The first-order valence-corrected chi connectivity index (χ1v) is 9.76. The number of hydrogen-bond acceptors (Lipinski definition) is 5. The number of carbonyl (C=O) groups is 1. The van der Waals surface area contributed by atoms with E-state index in [2.05, 4.69) is 26.7 Å². The summed E-state index contributed by atoms with van der Waals surface area (Å²) in [5.41, 5.74) is 0.545. The van der Waals surface area contributed by atoms with Gasteiger partial charge in [0.25, 0.3) is 5.56 Å². The second kappa shape index (κ2) is 8.63. The van der Waals surface area contributed by atoms with Crippen LogP contribution in [0.3, 0.4) is 0 Å². The van der Waals surface area contributed by atoms with Crippen molar-refractivity contribution in [2.45, 2.75) is 33.4 Å². The number of fused-ring (bicyclic) bond motifs is 1. The zero-order valence-electron chi connectivity index (χ0n) is 16.4. The number of piperazine rings is 1. The van der Waals surface area contributed by atoms with Crippen molar-refractivity contribution in [3.63, 3.8) is 0 Å². The molecule has 3 rings (SSSR count). The van der Waals surface area contributed by atoms with Crippen LogP contribution in [0.15, 0.2) is 29.1 Å². The van der Waals surface area contributed by atoms with E-state index in [0.29, 0.717) is 29.8 Å². The van der Waals surface area contributed by atoms with Gasteiger partial charge in [-0.3, -0.25) is 14.5 Å². The van der Waals surface area contributed by atoms with Gasteiger partial charge in [-0.15, -0.1) is 0 Å². The summed E-state index contributed by atoms with van der Waals surface area (Å²) in [5, 5.41) is 0.585. The summed E-state index contributed by atoms with van der Waals surface area (Å²) >= 11 is 0. The van der Waals surface area contributed by atoms with E-state index in [1.54, 1.807) is 6.07 Å². The second-order valence-electron chi connectivity index (χ2n) is 7.03. The summed E-state index contributed by atoms with van der Waals surface area (Å²) in [4.78, 5) is 39.0. The predicted octanol–water partition coefficient (Wildman–Crippen LogP) is 1.30. The lowest BCUT2D eigenvalue weighted by atomic mass is 10.2. The highest BCUT2D eigenvalue weighted by Gasteiger charge is 2.28. The molecule has 1 aliphatic rings. The largest absolute Gasteiger partial charge is 0.339 e. The van der Waals surface area contributed by atoms with Crippen LogP contribution in [0.5, 0.6) is 0 Å². The van der Waals surface area contributed by atoms with E-state index in [0.717, 1.165) is 32.7 Å². The topological polar surface area (TPSA) is 72.5 Å². The third-order valence-electron chi connectivity index (χ3n) is 5.46. The van der Waals surface area contributed by atoms with Crippen molar-refractivity contribution in [3.8, 4) is 0 Å². The lowest BCUT2D eigenvalue weighted by molar-refractivity contribution is -0.138. The molecule has 1 amide bonds. The molecule has 0 spiro atoms. The molecule has 1 N–H and O–H groups in total. The van der Waals surface area contributed by atoms with Crippen LogP contribution in [0.1, 0.15) is 26.6 Å². The molecule has 0 bridgehead atoms. The molecular weight excluding hydrogens is 342 g/mol. The van der Waals surface area contributed by atoms with Crippen LogP contribution in [0.25, 0.3) is 10.9 Å². The van der Waals surface area contributed by atoms with Crippen LogP contribution in [-0.4, -0.2) is 75.9 Å². The fourth-order valence-electron chi connectivity index (χ4n) is 3.63. The zero-order chi connectivity index (χ0) is 19.4. The Morgan fingerprint density at radius 1 is 1.22 bits per heavy atom. The van der Waals surface area contributed by atoms with Crippen LogP contribution >= 0.6 is 0 Å². The van der Waals surface area contributed by atoms with Crippen molar-refractivity contribution in [2.75, 3.05) is 39.3 Å². The molecule has 146 valence electrons. The van der Waals surface area contributed by atoms with Crippen molar-refractivity contribution >= 4 is 16.8 Å². The van der Waals surface area contributed by atoms with Gasteiger partial charge in [0.05, 0.1) is 23.5 Å². The van der Waals surface area contributed by atoms with Gasteiger partial charge in [-0.25, -0.2) is 4.98 Å². The number of likely N-dealkylation sites (N-methyl/N-ethyl adjacent to an activating group) is 2. The van der Waals surface area contributed by atoms with Crippen LogP contribution < -0.4 is 5.56 Å². The maximum Gasteiger partial charge on any atom is 0.258 e. The van der Waals surface area contributed by atoms with Crippen LogP contribution in [0, 0.1) is 0 Å². The first-order valence-electron chi connectivity index (χ1n) is 9.76. The van der Waals surface area contributed by atoms with Gasteiger partial charge >= 0.3 is 0 Å². The lowest BCUT2D eigenvalue weighted by Gasteiger charge is -2.37. The van der Waals surface area contributed by atoms with Gasteiger partial charge in [0.2, 0.25) is 5.91 Å². The molecule has 1 saturated heterocycles. The summed E-state index contributed by atoms with van der Waals surface area (Å²) in [7, 11) is 0. The number of carbonyl (C=O) groups excluding carboxylic acids is 1. The SMILES string of the molecule is CCN1CCN(C(=O)C(C)N(CC)Cc2nc3ccccc3c(=O)[nH]2)CC1. The van der Waals surface area contributed by atoms with Crippen molar-refractivity contribution in [3.05, 3.63) is 40.4 Å². The number of aromatic nitrogens is 2. The van der Waals surface area contributed by atoms with Gasteiger partial charge in [-0.05, 0) is 32.1 Å². The van der Waals surface area contributed by atoms with E-state index in [1.165, 1.54) is 0 Å². The molecule has 2 heterocycles. The predicted molar refractivity (Wildman–Crippen MR) is 107 cm³/mol. The Labute approximate surface area is 160 Å². The van der Waals surface area contributed by atoms with E-state index in [-0.39, 0.29) is 17.5 Å². The summed E-state index contributed by atoms with van der Waals surface area (Å²) < 4.78 is 0. The highest BCUT2D eigenvalue weighted by Crippen LogP contribution is 2.12. The number of nitrogens with one attached hydrogen (secondary N) is 1. The quantitative estimate of drug-likeness (QED) is 0.829. The third kappa shape index (κ3) is 4.36. The number of H-pyrrole nitrogens is 1. The van der Waals surface area contributed by atoms with Gasteiger partial charge in [0.15, 0.2) is 0 Å². The summed E-state index contributed by atoms with van der Waals surface area (Å²) in [6.07, 6.45) is 0. The molecule has 7 nitrogen and oxygen atoms in total. The highest BCUT2D eigenvalue weighted by atomic mass is 16.2. The van der Waals surface area contributed by atoms with Gasteiger partial charge in [0, 0.05) is 26.2 Å². The molecule has 0 radical (unpaired) electrons. The number of nitrogens with zero attached hydrogens (tertiary/aromatic N) is 4. The Kier molecular flexibility index (Phi) is 6.23. The maximum absolute atomic E-state index is 12.9.